The lowest BCUT2D eigenvalue weighted by Gasteiger charge is -2.26. The summed E-state index contributed by atoms with van der Waals surface area (Å²) in [6, 6.07) is 0. The third kappa shape index (κ3) is 5.54. The number of morpholine rings is 1. The Balaban J connectivity index is 1.87. The Kier molecular flexibility index (Phi) is 6.10. The molecule has 0 aromatic carbocycles. The van der Waals surface area contributed by atoms with Crippen LogP contribution in [0.4, 0.5) is 0 Å². The van der Waals surface area contributed by atoms with Gasteiger partial charge in [0.15, 0.2) is 0 Å². The monoisotopic (exact) mass is 202 g/mol. The van der Waals surface area contributed by atoms with Crippen molar-refractivity contribution in [3.05, 3.63) is 0 Å². The van der Waals surface area contributed by atoms with Crippen molar-refractivity contribution in [3.8, 4) is 0 Å². The van der Waals surface area contributed by atoms with Crippen LogP contribution in [0.15, 0.2) is 0 Å². The Labute approximate surface area is 86.2 Å². The first-order valence-electron chi connectivity index (χ1n) is 5.48. The van der Waals surface area contributed by atoms with E-state index in [2.05, 4.69) is 10.2 Å². The van der Waals surface area contributed by atoms with Crippen molar-refractivity contribution in [2.45, 2.75) is 19.4 Å². The zero-order valence-electron chi connectivity index (χ0n) is 9.04. The number of hydrogen-bond acceptors (Lipinski definition) is 4. The quantitative estimate of drug-likeness (QED) is 0.579. The van der Waals surface area contributed by atoms with Crippen molar-refractivity contribution in [3.63, 3.8) is 0 Å². The van der Waals surface area contributed by atoms with E-state index in [0.29, 0.717) is 6.54 Å². The molecular weight excluding hydrogens is 180 g/mol. The van der Waals surface area contributed by atoms with Crippen LogP contribution >= 0.6 is 0 Å². The number of nitrogens with one attached hydrogen (secondary N) is 1. The van der Waals surface area contributed by atoms with E-state index in [1.807, 2.05) is 0 Å². The SMILES string of the molecule is CC(O)CNCCCN1CCOCC1. The fourth-order valence-corrected chi connectivity index (χ4v) is 1.56. The number of aliphatic hydroxyl groups is 1. The van der Waals surface area contributed by atoms with Crippen molar-refractivity contribution in [1.29, 1.82) is 0 Å². The number of aliphatic hydroxyl groups excluding tert-OH is 1. The van der Waals surface area contributed by atoms with Crippen LogP contribution in [0.25, 0.3) is 0 Å². The predicted molar refractivity (Wildman–Crippen MR) is 56.4 cm³/mol. The Morgan fingerprint density at radius 2 is 2.14 bits per heavy atom. The molecule has 1 aliphatic rings. The summed E-state index contributed by atoms with van der Waals surface area (Å²) in [6.07, 6.45) is 0.908. The summed E-state index contributed by atoms with van der Waals surface area (Å²) in [5.74, 6) is 0. The van der Waals surface area contributed by atoms with Gasteiger partial charge in [0.2, 0.25) is 0 Å². The molecule has 1 rings (SSSR count). The van der Waals surface area contributed by atoms with Crippen LogP contribution in [-0.4, -0.2) is 62.0 Å². The van der Waals surface area contributed by atoms with Gasteiger partial charge >= 0.3 is 0 Å². The van der Waals surface area contributed by atoms with Crippen LogP contribution < -0.4 is 5.32 Å². The average molecular weight is 202 g/mol. The lowest BCUT2D eigenvalue weighted by molar-refractivity contribution is 0.0374. The first kappa shape index (κ1) is 11.9. The van der Waals surface area contributed by atoms with Crippen molar-refractivity contribution >= 4 is 0 Å². The molecule has 0 amide bonds. The molecule has 0 spiro atoms. The van der Waals surface area contributed by atoms with Gasteiger partial charge in [-0.1, -0.05) is 0 Å². The van der Waals surface area contributed by atoms with Crippen LogP contribution in [-0.2, 0) is 4.74 Å². The van der Waals surface area contributed by atoms with Gasteiger partial charge in [-0.05, 0) is 26.4 Å². The summed E-state index contributed by atoms with van der Waals surface area (Å²) in [7, 11) is 0. The topological polar surface area (TPSA) is 44.7 Å². The molecular formula is C10H22N2O2. The van der Waals surface area contributed by atoms with E-state index in [-0.39, 0.29) is 6.10 Å². The first-order chi connectivity index (χ1) is 6.79. The molecule has 4 nitrogen and oxygen atoms in total. The highest BCUT2D eigenvalue weighted by Crippen LogP contribution is 1.97. The maximum atomic E-state index is 9.01. The Morgan fingerprint density at radius 3 is 2.79 bits per heavy atom. The third-order valence-corrected chi connectivity index (χ3v) is 2.37. The molecule has 0 saturated carbocycles. The van der Waals surface area contributed by atoms with E-state index in [1.54, 1.807) is 6.92 Å². The Morgan fingerprint density at radius 1 is 1.43 bits per heavy atom. The van der Waals surface area contributed by atoms with Gasteiger partial charge in [0, 0.05) is 19.6 Å². The highest BCUT2D eigenvalue weighted by molar-refractivity contribution is 4.62. The number of nitrogens with zero attached hydrogens (tertiary/aromatic N) is 1. The summed E-state index contributed by atoms with van der Waals surface area (Å²) in [5, 5.41) is 12.2. The predicted octanol–water partition coefficient (Wildman–Crippen LogP) is -0.321. The van der Waals surface area contributed by atoms with Gasteiger partial charge in [0.25, 0.3) is 0 Å². The zero-order chi connectivity index (χ0) is 10.2. The normalized spacial score (nSPS) is 21.0. The van der Waals surface area contributed by atoms with Crippen LogP contribution in [0.5, 0.6) is 0 Å². The molecule has 0 aromatic rings. The molecule has 0 radical (unpaired) electrons. The second kappa shape index (κ2) is 7.17. The van der Waals surface area contributed by atoms with Gasteiger partial charge < -0.3 is 15.2 Å². The lowest BCUT2D eigenvalue weighted by atomic mass is 10.3. The molecule has 0 aromatic heterocycles. The van der Waals surface area contributed by atoms with Gasteiger partial charge in [-0.25, -0.2) is 0 Å². The van der Waals surface area contributed by atoms with Crippen LogP contribution in [0.2, 0.25) is 0 Å². The molecule has 2 N–H and O–H groups in total. The van der Waals surface area contributed by atoms with Crippen LogP contribution in [0.3, 0.4) is 0 Å². The number of rotatable bonds is 6. The van der Waals surface area contributed by atoms with Gasteiger partial charge in [-0.15, -0.1) is 0 Å². The summed E-state index contributed by atoms with van der Waals surface area (Å²) < 4.78 is 5.27. The van der Waals surface area contributed by atoms with E-state index < -0.39 is 0 Å². The van der Waals surface area contributed by atoms with Crippen molar-refractivity contribution < 1.29 is 9.84 Å². The number of ether oxygens (including phenoxy) is 1. The van der Waals surface area contributed by atoms with E-state index in [0.717, 1.165) is 45.8 Å². The van der Waals surface area contributed by atoms with Gasteiger partial charge in [-0.3, -0.25) is 4.90 Å². The third-order valence-electron chi connectivity index (χ3n) is 2.37. The standard InChI is InChI=1S/C10H22N2O2/c1-10(13)9-11-3-2-4-12-5-7-14-8-6-12/h10-11,13H,2-9H2,1H3. The lowest BCUT2D eigenvalue weighted by Crippen LogP contribution is -2.38. The Bertz CT molecular complexity index is 136. The smallest absolute Gasteiger partial charge is 0.0636 e. The molecule has 1 atom stereocenters. The molecule has 14 heavy (non-hydrogen) atoms. The van der Waals surface area contributed by atoms with E-state index in [9.17, 15) is 0 Å². The van der Waals surface area contributed by atoms with Gasteiger partial charge in [-0.2, -0.15) is 0 Å². The molecule has 0 bridgehead atoms. The molecule has 1 saturated heterocycles. The van der Waals surface area contributed by atoms with Crippen molar-refractivity contribution in [1.82, 2.24) is 10.2 Å². The maximum absolute atomic E-state index is 9.01. The average Bonchev–Trinajstić information content (AvgIpc) is 2.18. The van der Waals surface area contributed by atoms with E-state index in [4.69, 9.17) is 9.84 Å². The molecule has 1 aliphatic heterocycles. The molecule has 84 valence electrons. The second-order valence-corrected chi connectivity index (χ2v) is 3.86. The molecule has 4 heteroatoms. The van der Waals surface area contributed by atoms with Crippen molar-refractivity contribution in [2.24, 2.45) is 0 Å². The summed E-state index contributed by atoms with van der Waals surface area (Å²) >= 11 is 0. The summed E-state index contributed by atoms with van der Waals surface area (Å²) in [6.45, 7) is 8.51. The second-order valence-electron chi connectivity index (χ2n) is 3.86. The largest absolute Gasteiger partial charge is 0.392 e. The molecule has 1 unspecified atom stereocenters. The molecule has 0 aliphatic carbocycles. The number of hydrogen-bond donors (Lipinski definition) is 2. The highest BCUT2D eigenvalue weighted by atomic mass is 16.5. The minimum absolute atomic E-state index is 0.238. The van der Waals surface area contributed by atoms with Gasteiger partial charge in [0.05, 0.1) is 19.3 Å². The first-order valence-corrected chi connectivity index (χ1v) is 5.48. The van der Waals surface area contributed by atoms with Crippen molar-refractivity contribution in [2.75, 3.05) is 45.9 Å². The Hall–Kier alpha value is -0.160. The van der Waals surface area contributed by atoms with Gasteiger partial charge in [0.1, 0.15) is 0 Å². The van der Waals surface area contributed by atoms with Crippen LogP contribution in [0, 0.1) is 0 Å². The minimum atomic E-state index is -0.238. The molecule has 1 fully saturated rings. The van der Waals surface area contributed by atoms with E-state index in [1.165, 1.54) is 0 Å². The minimum Gasteiger partial charge on any atom is -0.392 e. The molecule has 1 heterocycles. The maximum Gasteiger partial charge on any atom is 0.0636 e. The summed E-state index contributed by atoms with van der Waals surface area (Å²) in [5.41, 5.74) is 0. The fraction of sp³-hybridized carbons (Fsp3) is 1.00. The zero-order valence-corrected chi connectivity index (χ0v) is 9.04. The van der Waals surface area contributed by atoms with E-state index >= 15 is 0 Å². The highest BCUT2D eigenvalue weighted by Gasteiger charge is 2.08. The van der Waals surface area contributed by atoms with Crippen LogP contribution in [0.1, 0.15) is 13.3 Å². The summed E-state index contributed by atoms with van der Waals surface area (Å²) in [4.78, 5) is 2.42. The fourth-order valence-electron chi connectivity index (χ4n) is 1.56.